The van der Waals surface area contributed by atoms with Crippen molar-refractivity contribution >= 4 is 42.2 Å². The molecule has 1 unspecified atom stereocenters. The SMILES string of the molecule is Cc1ccc(C(N)C(=O)Nc2ccc(N3CCOCC3)nc2)cc1.Cl.Cl. The molecule has 3 N–H and O–H groups in total. The number of aromatic nitrogens is 1. The van der Waals surface area contributed by atoms with Crippen LogP contribution in [0.4, 0.5) is 11.5 Å². The first-order valence-corrected chi connectivity index (χ1v) is 8.05. The summed E-state index contributed by atoms with van der Waals surface area (Å²) in [6.07, 6.45) is 1.66. The van der Waals surface area contributed by atoms with Crippen molar-refractivity contribution in [2.24, 2.45) is 5.73 Å². The Morgan fingerprint density at radius 1 is 1.15 bits per heavy atom. The molecule has 1 aliphatic heterocycles. The molecule has 0 saturated carbocycles. The maximum absolute atomic E-state index is 12.3. The third kappa shape index (κ3) is 5.57. The van der Waals surface area contributed by atoms with Crippen LogP contribution >= 0.6 is 24.8 Å². The van der Waals surface area contributed by atoms with Gasteiger partial charge in [0.1, 0.15) is 11.9 Å². The Balaban J connectivity index is 0.00000169. The molecule has 26 heavy (non-hydrogen) atoms. The van der Waals surface area contributed by atoms with E-state index >= 15 is 0 Å². The number of carbonyl (C=O) groups is 1. The van der Waals surface area contributed by atoms with Gasteiger partial charge in [-0.3, -0.25) is 4.79 Å². The van der Waals surface area contributed by atoms with Gasteiger partial charge in [0.05, 0.1) is 25.1 Å². The molecule has 142 valence electrons. The standard InChI is InChI=1S/C18H22N4O2.2ClH/c1-13-2-4-14(5-3-13)17(19)18(23)21-15-6-7-16(20-12-15)22-8-10-24-11-9-22;;/h2-7,12,17H,8-11,19H2,1H3,(H,21,23);2*1H. The largest absolute Gasteiger partial charge is 0.378 e. The third-order valence-electron chi connectivity index (χ3n) is 4.07. The Morgan fingerprint density at radius 2 is 1.81 bits per heavy atom. The van der Waals surface area contributed by atoms with E-state index in [0.29, 0.717) is 18.9 Å². The van der Waals surface area contributed by atoms with Gasteiger partial charge in [-0.05, 0) is 24.6 Å². The molecule has 0 spiro atoms. The van der Waals surface area contributed by atoms with E-state index in [0.717, 1.165) is 30.0 Å². The molecule has 6 nitrogen and oxygen atoms in total. The number of anilines is 2. The fourth-order valence-corrected chi connectivity index (χ4v) is 2.58. The molecule has 0 aliphatic carbocycles. The average molecular weight is 399 g/mol. The zero-order valence-electron chi connectivity index (χ0n) is 14.6. The number of benzene rings is 1. The van der Waals surface area contributed by atoms with E-state index < -0.39 is 6.04 Å². The number of morpholine rings is 1. The van der Waals surface area contributed by atoms with Crippen LogP contribution in [0.15, 0.2) is 42.6 Å². The molecule has 2 heterocycles. The monoisotopic (exact) mass is 398 g/mol. The first-order valence-electron chi connectivity index (χ1n) is 8.05. The molecule has 8 heteroatoms. The Kier molecular flexibility index (Phi) is 8.81. The number of nitrogens with one attached hydrogen (secondary N) is 1. The van der Waals surface area contributed by atoms with E-state index in [-0.39, 0.29) is 30.7 Å². The van der Waals surface area contributed by atoms with E-state index in [1.807, 2.05) is 43.3 Å². The molecular formula is C18H24Cl2N4O2. The number of nitrogens with zero attached hydrogens (tertiary/aromatic N) is 2. The molecule has 2 aromatic rings. The van der Waals surface area contributed by atoms with Gasteiger partial charge in [0.15, 0.2) is 0 Å². The maximum atomic E-state index is 12.3. The number of nitrogens with two attached hydrogens (primary N) is 1. The summed E-state index contributed by atoms with van der Waals surface area (Å²) in [6, 6.07) is 10.7. The number of ether oxygens (including phenoxy) is 1. The summed E-state index contributed by atoms with van der Waals surface area (Å²) in [5.74, 6) is 0.638. The highest BCUT2D eigenvalue weighted by atomic mass is 35.5. The van der Waals surface area contributed by atoms with Crippen LogP contribution < -0.4 is 16.0 Å². The molecule has 1 atom stereocenters. The second-order valence-corrected chi connectivity index (χ2v) is 5.88. The number of amides is 1. The first-order chi connectivity index (χ1) is 11.6. The molecule has 1 fully saturated rings. The molecular weight excluding hydrogens is 375 g/mol. The quantitative estimate of drug-likeness (QED) is 0.827. The molecule has 1 amide bonds. The smallest absolute Gasteiger partial charge is 0.245 e. The first kappa shape index (κ1) is 22.2. The molecule has 1 aromatic carbocycles. The summed E-state index contributed by atoms with van der Waals surface area (Å²) >= 11 is 0. The van der Waals surface area contributed by atoms with Crippen LogP contribution in [0.2, 0.25) is 0 Å². The van der Waals surface area contributed by atoms with Crippen molar-refractivity contribution in [2.45, 2.75) is 13.0 Å². The highest BCUT2D eigenvalue weighted by Gasteiger charge is 2.16. The second kappa shape index (κ2) is 10.3. The van der Waals surface area contributed by atoms with E-state index in [1.54, 1.807) is 6.20 Å². The molecule has 1 saturated heterocycles. The van der Waals surface area contributed by atoms with Crippen LogP contribution in [0.5, 0.6) is 0 Å². The van der Waals surface area contributed by atoms with Crippen molar-refractivity contribution in [3.63, 3.8) is 0 Å². The molecule has 0 bridgehead atoms. The number of aryl methyl sites for hydroxylation is 1. The van der Waals surface area contributed by atoms with Crippen LogP contribution in [0.3, 0.4) is 0 Å². The average Bonchev–Trinajstić information content (AvgIpc) is 2.63. The van der Waals surface area contributed by atoms with E-state index in [2.05, 4.69) is 15.2 Å². The predicted molar refractivity (Wildman–Crippen MR) is 109 cm³/mol. The highest BCUT2D eigenvalue weighted by molar-refractivity contribution is 5.95. The minimum Gasteiger partial charge on any atom is -0.378 e. The fraction of sp³-hybridized carbons (Fsp3) is 0.333. The van der Waals surface area contributed by atoms with E-state index in [4.69, 9.17) is 10.5 Å². The highest BCUT2D eigenvalue weighted by Crippen LogP contribution is 2.17. The van der Waals surface area contributed by atoms with Gasteiger partial charge in [-0.25, -0.2) is 4.98 Å². The zero-order chi connectivity index (χ0) is 16.9. The Bertz CT molecular complexity index is 689. The van der Waals surface area contributed by atoms with Crippen molar-refractivity contribution < 1.29 is 9.53 Å². The lowest BCUT2D eigenvalue weighted by Crippen LogP contribution is -2.36. The Morgan fingerprint density at radius 3 is 2.38 bits per heavy atom. The fourth-order valence-electron chi connectivity index (χ4n) is 2.58. The minimum absolute atomic E-state index is 0. The Hall–Kier alpha value is -1.86. The van der Waals surface area contributed by atoms with Crippen molar-refractivity contribution in [1.29, 1.82) is 0 Å². The summed E-state index contributed by atoms with van der Waals surface area (Å²) in [7, 11) is 0. The lowest BCUT2D eigenvalue weighted by Gasteiger charge is -2.27. The summed E-state index contributed by atoms with van der Waals surface area (Å²) in [4.78, 5) is 18.9. The molecule has 0 radical (unpaired) electrons. The lowest BCUT2D eigenvalue weighted by molar-refractivity contribution is -0.117. The summed E-state index contributed by atoms with van der Waals surface area (Å²) in [5, 5.41) is 2.82. The molecule has 1 aliphatic rings. The number of pyridine rings is 1. The Labute approximate surface area is 165 Å². The topological polar surface area (TPSA) is 80.5 Å². The van der Waals surface area contributed by atoms with Crippen molar-refractivity contribution in [2.75, 3.05) is 36.5 Å². The minimum atomic E-state index is -0.704. The predicted octanol–water partition coefficient (Wildman–Crippen LogP) is 2.71. The van der Waals surface area contributed by atoms with Gasteiger partial charge in [0, 0.05) is 13.1 Å². The van der Waals surface area contributed by atoms with Crippen LogP contribution in [-0.4, -0.2) is 37.2 Å². The van der Waals surface area contributed by atoms with Gasteiger partial charge in [-0.1, -0.05) is 29.8 Å². The van der Waals surface area contributed by atoms with Crippen LogP contribution in [0.1, 0.15) is 17.2 Å². The number of rotatable bonds is 4. The normalized spacial score (nSPS) is 14.6. The van der Waals surface area contributed by atoms with Crippen LogP contribution in [-0.2, 0) is 9.53 Å². The van der Waals surface area contributed by atoms with E-state index in [1.165, 1.54) is 0 Å². The number of hydrogen-bond acceptors (Lipinski definition) is 5. The summed E-state index contributed by atoms with van der Waals surface area (Å²) < 4.78 is 5.33. The van der Waals surface area contributed by atoms with Crippen LogP contribution in [0.25, 0.3) is 0 Å². The van der Waals surface area contributed by atoms with Gasteiger partial charge < -0.3 is 20.7 Å². The second-order valence-electron chi connectivity index (χ2n) is 5.88. The molecule has 3 rings (SSSR count). The third-order valence-corrected chi connectivity index (χ3v) is 4.07. The summed E-state index contributed by atoms with van der Waals surface area (Å²) in [5.41, 5.74) is 8.59. The number of carbonyl (C=O) groups excluding carboxylic acids is 1. The number of halogens is 2. The van der Waals surface area contributed by atoms with Crippen molar-refractivity contribution in [3.8, 4) is 0 Å². The van der Waals surface area contributed by atoms with Gasteiger partial charge in [0.2, 0.25) is 5.91 Å². The maximum Gasteiger partial charge on any atom is 0.245 e. The van der Waals surface area contributed by atoms with Gasteiger partial charge in [-0.15, -0.1) is 24.8 Å². The van der Waals surface area contributed by atoms with Gasteiger partial charge >= 0.3 is 0 Å². The van der Waals surface area contributed by atoms with Crippen molar-refractivity contribution in [1.82, 2.24) is 4.98 Å². The number of hydrogen-bond donors (Lipinski definition) is 2. The van der Waals surface area contributed by atoms with Crippen LogP contribution in [0, 0.1) is 6.92 Å². The van der Waals surface area contributed by atoms with Crippen molar-refractivity contribution in [3.05, 3.63) is 53.7 Å². The zero-order valence-corrected chi connectivity index (χ0v) is 16.2. The van der Waals surface area contributed by atoms with Gasteiger partial charge in [-0.2, -0.15) is 0 Å². The van der Waals surface area contributed by atoms with E-state index in [9.17, 15) is 4.79 Å². The summed E-state index contributed by atoms with van der Waals surface area (Å²) in [6.45, 7) is 5.09. The lowest BCUT2D eigenvalue weighted by atomic mass is 10.1. The molecule has 1 aromatic heterocycles. The van der Waals surface area contributed by atoms with Gasteiger partial charge in [0.25, 0.3) is 0 Å².